The van der Waals surface area contributed by atoms with Crippen molar-refractivity contribution in [3.8, 4) is 0 Å². The fourth-order valence-corrected chi connectivity index (χ4v) is 2.79. The maximum absolute atomic E-state index is 12.1. The normalized spacial score (nSPS) is 31.1. The van der Waals surface area contributed by atoms with Crippen LogP contribution in [0.15, 0.2) is 0 Å². The van der Waals surface area contributed by atoms with Gasteiger partial charge in [0.05, 0.1) is 0 Å². The Hall–Kier alpha value is -0.370. The molecule has 0 aromatic heterocycles. The van der Waals surface area contributed by atoms with E-state index in [1.807, 2.05) is 13.8 Å². The Kier molecular flexibility index (Phi) is 4.78. The molecular formula is C13H24O2. The zero-order valence-electron chi connectivity index (χ0n) is 10.5. The van der Waals surface area contributed by atoms with Gasteiger partial charge in [-0.1, -0.05) is 20.8 Å². The third kappa shape index (κ3) is 3.04. The Morgan fingerprint density at radius 2 is 2.07 bits per heavy atom. The van der Waals surface area contributed by atoms with E-state index in [0.717, 1.165) is 13.0 Å². The Morgan fingerprint density at radius 3 is 2.60 bits per heavy atom. The van der Waals surface area contributed by atoms with Gasteiger partial charge in [-0.3, -0.25) is 4.79 Å². The van der Waals surface area contributed by atoms with Crippen LogP contribution in [-0.2, 0) is 9.53 Å². The van der Waals surface area contributed by atoms with Crippen LogP contribution in [-0.4, -0.2) is 19.5 Å². The highest BCUT2D eigenvalue weighted by Gasteiger charge is 2.38. The second-order valence-electron chi connectivity index (χ2n) is 5.18. The highest BCUT2D eigenvalue weighted by molar-refractivity contribution is 5.83. The van der Waals surface area contributed by atoms with E-state index in [9.17, 15) is 4.79 Å². The molecule has 1 aliphatic carbocycles. The lowest BCUT2D eigenvalue weighted by atomic mass is 9.81. The van der Waals surface area contributed by atoms with Crippen LogP contribution in [0.3, 0.4) is 0 Å². The summed E-state index contributed by atoms with van der Waals surface area (Å²) in [5.74, 6) is 2.07. The summed E-state index contributed by atoms with van der Waals surface area (Å²) < 4.78 is 5.12. The van der Waals surface area contributed by atoms with E-state index in [4.69, 9.17) is 4.74 Å². The van der Waals surface area contributed by atoms with Gasteiger partial charge in [-0.25, -0.2) is 0 Å². The van der Waals surface area contributed by atoms with Crippen molar-refractivity contribution in [3.05, 3.63) is 0 Å². The predicted molar refractivity (Wildman–Crippen MR) is 61.7 cm³/mol. The number of carbonyl (C=O) groups is 1. The van der Waals surface area contributed by atoms with Gasteiger partial charge in [0.1, 0.15) is 5.78 Å². The molecule has 0 heterocycles. The number of hydrogen-bond donors (Lipinski definition) is 0. The molecule has 0 radical (unpaired) electrons. The summed E-state index contributed by atoms with van der Waals surface area (Å²) in [6, 6.07) is 0. The molecule has 88 valence electrons. The van der Waals surface area contributed by atoms with E-state index in [-0.39, 0.29) is 5.92 Å². The first-order chi connectivity index (χ1) is 7.07. The van der Waals surface area contributed by atoms with E-state index in [1.165, 1.54) is 12.8 Å². The lowest BCUT2D eigenvalue weighted by Crippen LogP contribution is -2.28. The monoisotopic (exact) mass is 212 g/mol. The van der Waals surface area contributed by atoms with E-state index < -0.39 is 0 Å². The maximum atomic E-state index is 12.1. The Bertz CT molecular complexity index is 211. The quantitative estimate of drug-likeness (QED) is 0.700. The molecule has 0 aromatic rings. The minimum atomic E-state index is 0.181. The molecule has 0 saturated heterocycles. The number of rotatable bonds is 5. The fraction of sp³-hybridized carbons (Fsp3) is 0.923. The minimum Gasteiger partial charge on any atom is -0.385 e. The molecule has 0 spiro atoms. The summed E-state index contributed by atoms with van der Waals surface area (Å²) in [6.07, 6.45) is 3.45. The van der Waals surface area contributed by atoms with Crippen molar-refractivity contribution in [2.24, 2.45) is 23.7 Å². The average Bonchev–Trinajstić information content (AvgIpc) is 2.55. The van der Waals surface area contributed by atoms with Crippen LogP contribution in [0.5, 0.6) is 0 Å². The van der Waals surface area contributed by atoms with Crippen molar-refractivity contribution in [1.82, 2.24) is 0 Å². The van der Waals surface area contributed by atoms with E-state index in [0.29, 0.717) is 23.5 Å². The molecule has 0 aliphatic heterocycles. The SMILES string of the molecule is COCCC1CCC(C)C1C(=O)C(C)C. The molecule has 3 unspecified atom stereocenters. The largest absolute Gasteiger partial charge is 0.385 e. The molecule has 2 heteroatoms. The summed E-state index contributed by atoms with van der Waals surface area (Å²) in [4.78, 5) is 12.1. The first kappa shape index (κ1) is 12.7. The summed E-state index contributed by atoms with van der Waals surface area (Å²) in [7, 11) is 1.73. The van der Waals surface area contributed by atoms with Gasteiger partial charge < -0.3 is 4.74 Å². The van der Waals surface area contributed by atoms with Gasteiger partial charge in [-0.2, -0.15) is 0 Å². The third-order valence-electron chi connectivity index (χ3n) is 3.70. The number of carbonyl (C=O) groups excluding carboxylic acids is 1. The van der Waals surface area contributed by atoms with Crippen molar-refractivity contribution >= 4 is 5.78 Å². The lowest BCUT2D eigenvalue weighted by molar-refractivity contribution is -0.128. The van der Waals surface area contributed by atoms with Crippen LogP contribution in [0.4, 0.5) is 0 Å². The molecule has 1 aliphatic rings. The van der Waals surface area contributed by atoms with Crippen LogP contribution in [0, 0.1) is 23.7 Å². The summed E-state index contributed by atoms with van der Waals surface area (Å²) in [5, 5.41) is 0. The van der Waals surface area contributed by atoms with Crippen LogP contribution < -0.4 is 0 Å². The van der Waals surface area contributed by atoms with E-state index in [2.05, 4.69) is 6.92 Å². The second kappa shape index (κ2) is 5.64. The number of methoxy groups -OCH3 is 1. The molecule has 1 rings (SSSR count). The summed E-state index contributed by atoms with van der Waals surface area (Å²) >= 11 is 0. The zero-order chi connectivity index (χ0) is 11.4. The topological polar surface area (TPSA) is 26.3 Å². The lowest BCUT2D eigenvalue weighted by Gasteiger charge is -2.23. The van der Waals surface area contributed by atoms with Crippen LogP contribution in [0.2, 0.25) is 0 Å². The second-order valence-corrected chi connectivity index (χ2v) is 5.18. The molecule has 0 aromatic carbocycles. The first-order valence-corrected chi connectivity index (χ1v) is 6.10. The molecule has 2 nitrogen and oxygen atoms in total. The third-order valence-corrected chi connectivity index (χ3v) is 3.70. The molecule has 1 saturated carbocycles. The number of Topliss-reactive ketones (excluding diaryl/α,β-unsaturated/α-hetero) is 1. The van der Waals surface area contributed by atoms with E-state index in [1.54, 1.807) is 7.11 Å². The van der Waals surface area contributed by atoms with Gasteiger partial charge >= 0.3 is 0 Å². The average molecular weight is 212 g/mol. The molecule has 3 atom stereocenters. The summed E-state index contributed by atoms with van der Waals surface area (Å²) in [6.45, 7) is 7.04. The Morgan fingerprint density at radius 1 is 1.40 bits per heavy atom. The maximum Gasteiger partial charge on any atom is 0.139 e. The van der Waals surface area contributed by atoms with Gasteiger partial charge in [0.2, 0.25) is 0 Å². The van der Waals surface area contributed by atoms with Gasteiger partial charge in [0.15, 0.2) is 0 Å². The van der Waals surface area contributed by atoms with Crippen molar-refractivity contribution in [2.75, 3.05) is 13.7 Å². The van der Waals surface area contributed by atoms with Crippen LogP contribution in [0.1, 0.15) is 40.0 Å². The number of hydrogen-bond acceptors (Lipinski definition) is 2. The Balaban J connectivity index is 2.60. The summed E-state index contributed by atoms with van der Waals surface area (Å²) in [5.41, 5.74) is 0. The molecule has 0 N–H and O–H groups in total. The Labute approximate surface area is 93.4 Å². The molecule has 15 heavy (non-hydrogen) atoms. The molecule has 1 fully saturated rings. The highest BCUT2D eigenvalue weighted by Crippen LogP contribution is 2.40. The van der Waals surface area contributed by atoms with Gasteiger partial charge in [-0.05, 0) is 31.1 Å². The smallest absolute Gasteiger partial charge is 0.139 e. The molecule has 0 amide bonds. The zero-order valence-corrected chi connectivity index (χ0v) is 10.5. The van der Waals surface area contributed by atoms with Crippen molar-refractivity contribution < 1.29 is 9.53 Å². The number of ketones is 1. The van der Waals surface area contributed by atoms with Crippen molar-refractivity contribution in [3.63, 3.8) is 0 Å². The standard InChI is InChI=1S/C13H24O2/c1-9(2)13(14)12-10(3)5-6-11(12)7-8-15-4/h9-12H,5-8H2,1-4H3. The fourth-order valence-electron chi connectivity index (χ4n) is 2.79. The van der Waals surface area contributed by atoms with Crippen molar-refractivity contribution in [1.29, 1.82) is 0 Å². The first-order valence-electron chi connectivity index (χ1n) is 6.10. The van der Waals surface area contributed by atoms with Crippen LogP contribution in [0.25, 0.3) is 0 Å². The van der Waals surface area contributed by atoms with Crippen molar-refractivity contribution in [2.45, 2.75) is 40.0 Å². The predicted octanol–water partition coefficient (Wildman–Crippen LogP) is 2.91. The molecule has 0 bridgehead atoms. The van der Waals surface area contributed by atoms with Crippen LogP contribution >= 0.6 is 0 Å². The van der Waals surface area contributed by atoms with E-state index >= 15 is 0 Å². The van der Waals surface area contributed by atoms with Gasteiger partial charge in [0.25, 0.3) is 0 Å². The van der Waals surface area contributed by atoms with Gasteiger partial charge in [0, 0.05) is 25.6 Å². The highest BCUT2D eigenvalue weighted by atomic mass is 16.5. The number of ether oxygens (including phenoxy) is 1. The van der Waals surface area contributed by atoms with Gasteiger partial charge in [-0.15, -0.1) is 0 Å². The minimum absolute atomic E-state index is 0.181. The molecular weight excluding hydrogens is 188 g/mol.